The quantitative estimate of drug-likeness (QED) is 0.187. The van der Waals surface area contributed by atoms with E-state index >= 15 is 0 Å². The van der Waals surface area contributed by atoms with Gasteiger partial charge in [-0.05, 0) is 25.7 Å². The molecule has 37 heavy (non-hydrogen) atoms. The predicted octanol–water partition coefficient (Wildman–Crippen LogP) is -2.05. The molecule has 3 radical (unpaired) electrons. The van der Waals surface area contributed by atoms with E-state index in [2.05, 4.69) is 43.5 Å². The van der Waals surface area contributed by atoms with Crippen molar-refractivity contribution in [2.75, 3.05) is 28.3 Å². The summed E-state index contributed by atoms with van der Waals surface area (Å²) in [6.07, 6.45) is 4.01. The van der Waals surface area contributed by atoms with Crippen LogP contribution in [0.15, 0.2) is 36.7 Å². The van der Waals surface area contributed by atoms with Gasteiger partial charge in [-0.3, -0.25) is 9.59 Å². The number of aromatic nitrogens is 2. The summed E-state index contributed by atoms with van der Waals surface area (Å²) >= 11 is 0. The summed E-state index contributed by atoms with van der Waals surface area (Å²) in [6.45, 7) is 4.36. The van der Waals surface area contributed by atoms with Gasteiger partial charge in [-0.2, -0.15) is 0 Å². The monoisotopic (exact) mass is 531 g/mol. The van der Waals surface area contributed by atoms with E-state index in [9.17, 15) is 19.2 Å². The van der Waals surface area contributed by atoms with Crippen LogP contribution in [0, 0.1) is 0 Å². The van der Waals surface area contributed by atoms with E-state index < -0.39 is 17.9 Å². The van der Waals surface area contributed by atoms with Gasteiger partial charge in [-0.15, -0.1) is 0 Å². The molecule has 2 heterocycles. The fourth-order valence-corrected chi connectivity index (χ4v) is 1.54. The second-order valence-corrected chi connectivity index (χ2v) is 5.75. The van der Waals surface area contributed by atoms with Gasteiger partial charge in [0.05, 0.1) is 14.2 Å². The number of methoxy groups -OCH3 is 2. The average Bonchev–Trinajstić information content (AvgIpc) is 2.90. The number of pyridine rings is 2. The van der Waals surface area contributed by atoms with Gasteiger partial charge < -0.3 is 33.2 Å². The van der Waals surface area contributed by atoms with Crippen molar-refractivity contribution >= 4 is 32.2 Å². The van der Waals surface area contributed by atoms with E-state index in [1.54, 1.807) is 25.4 Å². The minimum Gasteiger partial charge on any atom is -0.793 e. The van der Waals surface area contributed by atoms with E-state index in [-0.39, 0.29) is 29.6 Å². The Labute approximate surface area is 240 Å². The maximum Gasteiger partial charge on any atom is 1.00 e. The van der Waals surface area contributed by atoms with Gasteiger partial charge in [0, 0.05) is 57.4 Å². The Morgan fingerprint density at radius 3 is 1.57 bits per heavy atom. The first kappa shape index (κ1) is 41.1. The number of rotatable bonds is 5. The first-order valence-corrected chi connectivity index (χ1v) is 10.0. The molecule has 15 heteroatoms. The summed E-state index contributed by atoms with van der Waals surface area (Å²) in [5, 5.41) is 3.04. The molecule has 0 aliphatic rings. The number of ether oxygens (including phenoxy) is 2. The summed E-state index contributed by atoms with van der Waals surface area (Å²) in [4.78, 5) is 54.8. The molecular weight excluding hydrogens is 498 g/mol. The van der Waals surface area contributed by atoms with Crippen LogP contribution in [0.5, 0.6) is 11.8 Å². The van der Waals surface area contributed by atoms with Crippen molar-refractivity contribution in [3.8, 4) is 11.8 Å². The van der Waals surface area contributed by atoms with Crippen LogP contribution in [0.2, 0.25) is 0 Å². The van der Waals surface area contributed by atoms with Crippen LogP contribution in [-0.4, -0.2) is 70.5 Å². The van der Waals surface area contributed by atoms with Crippen LogP contribution >= 0.6 is 0 Å². The molecule has 0 fully saturated rings. The zero-order chi connectivity index (χ0) is 28.4. The molecule has 3 N–H and O–H groups in total. The van der Waals surface area contributed by atoms with Crippen LogP contribution < -0.4 is 50.1 Å². The second kappa shape index (κ2) is 29.2. The third-order valence-electron chi connectivity index (χ3n) is 2.93. The van der Waals surface area contributed by atoms with Crippen LogP contribution in [0.1, 0.15) is 36.7 Å². The first-order chi connectivity index (χ1) is 17.1. The SMILES string of the molecule is CC(=O)OOC(C)=O.CN.CNCc1ccc(OC)nc1.COc1ccc(C=O)cn1.[B-]OC(C)=O.[Na+]. The number of nitrogens with two attached hydrogens (primary N) is 1. The molecular formula is C22H33BN4NaO9. The minimum atomic E-state index is -0.639. The number of aldehydes is 1. The summed E-state index contributed by atoms with van der Waals surface area (Å²) in [5.41, 5.74) is 6.22. The fraction of sp³-hybridized carbons (Fsp3) is 0.364. The molecule has 2 aromatic heterocycles. The maximum absolute atomic E-state index is 10.1. The third-order valence-corrected chi connectivity index (χ3v) is 2.93. The maximum atomic E-state index is 10.1. The number of hydrogen-bond donors (Lipinski definition) is 2. The summed E-state index contributed by atoms with van der Waals surface area (Å²) in [6, 6.07) is 7.14. The van der Waals surface area contributed by atoms with Gasteiger partial charge in [-0.1, -0.05) is 6.07 Å². The van der Waals surface area contributed by atoms with E-state index in [4.69, 9.17) is 9.47 Å². The van der Waals surface area contributed by atoms with Gasteiger partial charge in [0.15, 0.2) is 6.29 Å². The molecule has 199 valence electrons. The Hall–Kier alpha value is -3.04. The first-order valence-electron chi connectivity index (χ1n) is 10.0. The van der Waals surface area contributed by atoms with Gasteiger partial charge in [0.25, 0.3) is 0 Å². The Bertz CT molecular complexity index is 844. The van der Waals surface area contributed by atoms with Gasteiger partial charge in [0.2, 0.25) is 17.7 Å². The number of hydrogen-bond acceptors (Lipinski definition) is 13. The normalized spacial score (nSPS) is 8.03. The van der Waals surface area contributed by atoms with Crippen LogP contribution in [0.25, 0.3) is 0 Å². The van der Waals surface area contributed by atoms with E-state index in [0.717, 1.165) is 32.2 Å². The van der Waals surface area contributed by atoms with Crippen molar-refractivity contribution in [3.05, 3.63) is 47.8 Å². The van der Waals surface area contributed by atoms with Gasteiger partial charge >= 0.3 is 41.5 Å². The Morgan fingerprint density at radius 2 is 1.32 bits per heavy atom. The molecule has 0 unspecified atom stereocenters. The molecule has 0 bridgehead atoms. The smallest absolute Gasteiger partial charge is 0.793 e. The van der Waals surface area contributed by atoms with E-state index in [0.29, 0.717) is 17.3 Å². The number of carbonyl (C=O) groups is 4. The molecule has 13 nitrogen and oxygen atoms in total. The summed E-state index contributed by atoms with van der Waals surface area (Å²) < 4.78 is 13.3. The number of carbonyl (C=O) groups excluding carboxylic acids is 4. The second-order valence-electron chi connectivity index (χ2n) is 5.75. The van der Waals surface area contributed by atoms with Crippen molar-refractivity contribution in [3.63, 3.8) is 0 Å². The predicted molar refractivity (Wildman–Crippen MR) is 131 cm³/mol. The largest absolute Gasteiger partial charge is 1.00 e. The molecule has 0 atom stereocenters. The van der Waals surface area contributed by atoms with Crippen molar-refractivity contribution in [1.82, 2.24) is 15.3 Å². The Morgan fingerprint density at radius 1 is 0.892 bits per heavy atom. The van der Waals surface area contributed by atoms with Crippen molar-refractivity contribution in [2.24, 2.45) is 5.73 Å². The van der Waals surface area contributed by atoms with E-state index in [1.807, 2.05) is 19.2 Å². The standard InChI is InChI=1S/C8H12N2O.C7H7NO2.C4H6O4.C2H3BO2.CH5N.Na/c1-9-5-7-3-4-8(11-2)10-6-7;1-10-7-3-2-6(5-9)4-8-7;1-3(5)7-8-4(2)6;1-2(4)5-3;1-2;/h3-4,6,9H,5H2,1-2H3;2-5H,1H3;1-2H3;1H3;2H2,1H3;/q;;;-1;;+1. The average molecular weight is 531 g/mol. The number of nitrogens with zero attached hydrogens (tertiary/aromatic N) is 2. The summed E-state index contributed by atoms with van der Waals surface area (Å²) in [5.74, 6) is -0.569. The topological polar surface area (TPSA) is 178 Å². The zero-order valence-corrected chi connectivity index (χ0v) is 24.5. The molecule has 0 aliphatic carbocycles. The van der Waals surface area contributed by atoms with Crippen molar-refractivity contribution in [2.45, 2.75) is 27.3 Å². The summed E-state index contributed by atoms with van der Waals surface area (Å²) in [7, 11) is 10.9. The number of nitrogens with one attached hydrogen (secondary N) is 1. The molecule has 0 saturated heterocycles. The molecule has 0 saturated carbocycles. The fourth-order valence-electron chi connectivity index (χ4n) is 1.54. The van der Waals surface area contributed by atoms with Gasteiger partial charge in [-0.25, -0.2) is 29.3 Å². The zero-order valence-electron chi connectivity index (χ0n) is 22.5. The molecule has 0 amide bonds. The molecule has 2 aromatic rings. The Kier molecular flexibility index (Phi) is 32.4. The molecule has 0 aliphatic heterocycles. The molecule has 0 aromatic carbocycles. The Balaban J connectivity index is -0.000000196. The third kappa shape index (κ3) is 29.1. The van der Waals surface area contributed by atoms with Crippen LogP contribution in [0.3, 0.4) is 0 Å². The van der Waals surface area contributed by atoms with Crippen LogP contribution in [0.4, 0.5) is 0 Å². The van der Waals surface area contributed by atoms with Gasteiger partial charge in [0.1, 0.15) is 0 Å². The van der Waals surface area contributed by atoms with Crippen molar-refractivity contribution < 1.29 is 72.6 Å². The molecule has 0 spiro atoms. The van der Waals surface area contributed by atoms with Crippen molar-refractivity contribution in [1.29, 1.82) is 0 Å². The van der Waals surface area contributed by atoms with E-state index in [1.165, 1.54) is 27.3 Å². The minimum absolute atomic E-state index is 0. The van der Waals surface area contributed by atoms with Crippen LogP contribution in [-0.2, 0) is 35.4 Å². The molecule has 2 rings (SSSR count).